The molecule has 0 unspecified atom stereocenters. The van der Waals surface area contributed by atoms with Crippen LogP contribution in [0.25, 0.3) is 0 Å². The fourth-order valence-electron chi connectivity index (χ4n) is 0.917. The van der Waals surface area contributed by atoms with Gasteiger partial charge in [-0.15, -0.1) is 0 Å². The lowest BCUT2D eigenvalue weighted by atomic mass is 10.3. The summed E-state index contributed by atoms with van der Waals surface area (Å²) in [6.07, 6.45) is 0.836. The van der Waals surface area contributed by atoms with Gasteiger partial charge in [0, 0.05) is 4.47 Å². The minimum Gasteiger partial charge on any atom is -0.473 e. The molecule has 0 aliphatic heterocycles. The summed E-state index contributed by atoms with van der Waals surface area (Å²) in [5.74, 6) is -1.59. The summed E-state index contributed by atoms with van der Waals surface area (Å²) in [4.78, 5) is 19.9. The fraction of sp³-hybridized carbons (Fsp3) is 0. The Labute approximate surface area is 98.9 Å². The number of para-hydroxylation sites is 1. The van der Waals surface area contributed by atoms with Crippen LogP contribution in [0.2, 0.25) is 0 Å². The van der Waals surface area contributed by atoms with Gasteiger partial charge in [0.25, 0.3) is 0 Å². The summed E-state index contributed by atoms with van der Waals surface area (Å²) in [5, 5.41) is 21.4. The molecule has 0 saturated heterocycles. The van der Waals surface area contributed by atoms with Crippen molar-refractivity contribution in [3.8, 4) is 0 Å². The van der Waals surface area contributed by atoms with Gasteiger partial charge in [0.1, 0.15) is 0 Å². The molecule has 1 rings (SSSR count). The number of anilines is 1. The van der Waals surface area contributed by atoms with Crippen molar-refractivity contribution in [2.24, 2.45) is 0 Å². The molecule has 0 atom stereocenters. The molecule has 84 valence electrons. The zero-order valence-electron chi connectivity index (χ0n) is 7.88. The van der Waals surface area contributed by atoms with Crippen LogP contribution < -0.4 is 5.32 Å². The third-order valence-corrected chi connectivity index (χ3v) is 2.35. The Balaban J connectivity index is 2.90. The first-order valence-electron chi connectivity index (χ1n) is 4.11. The highest BCUT2D eigenvalue weighted by atomic mass is 79.9. The minimum absolute atomic E-state index is 0.545. The molecule has 0 radical (unpaired) electrons. The van der Waals surface area contributed by atoms with Crippen molar-refractivity contribution in [3.63, 3.8) is 0 Å². The normalized spacial score (nSPS) is 10.9. The third-order valence-electron chi connectivity index (χ3n) is 1.65. The molecule has 0 saturated carbocycles. The van der Waals surface area contributed by atoms with Gasteiger partial charge in [-0.1, -0.05) is 12.1 Å². The van der Waals surface area contributed by atoms with Crippen LogP contribution in [0.15, 0.2) is 40.6 Å². The number of carboxylic acid groups (broad SMARTS) is 1. The maximum absolute atomic E-state index is 10.5. The molecular weight excluding hydrogens is 280 g/mol. The Bertz CT molecular complexity index is 443. The number of aliphatic carboxylic acids is 1. The second kappa shape index (κ2) is 5.26. The lowest BCUT2D eigenvalue weighted by molar-refractivity contribution is -0.421. The van der Waals surface area contributed by atoms with Crippen LogP contribution in [0.3, 0.4) is 0 Å². The Morgan fingerprint density at radius 1 is 1.50 bits per heavy atom. The third kappa shape index (κ3) is 3.06. The number of halogens is 1. The van der Waals surface area contributed by atoms with Crippen LogP contribution in [0.1, 0.15) is 0 Å². The van der Waals surface area contributed by atoms with E-state index in [1.807, 2.05) is 0 Å². The Kier molecular flexibility index (Phi) is 4.01. The number of carbonyl (C=O) groups is 1. The van der Waals surface area contributed by atoms with E-state index in [4.69, 9.17) is 5.11 Å². The molecule has 1 aromatic carbocycles. The van der Waals surface area contributed by atoms with Gasteiger partial charge in [0.2, 0.25) is 0 Å². The van der Waals surface area contributed by atoms with Crippen molar-refractivity contribution in [2.75, 3.05) is 5.32 Å². The molecule has 0 aliphatic rings. The zero-order chi connectivity index (χ0) is 12.1. The standard InChI is InChI=1S/C9H7BrN2O4/c10-6-3-1-2-4-7(6)11-5-8(9(13)14)12(15)16/h1-5,11H,(H,13,14)/b8-5-. The molecule has 16 heavy (non-hydrogen) atoms. The second-order valence-corrected chi connectivity index (χ2v) is 3.57. The molecule has 0 heterocycles. The molecule has 0 amide bonds. The molecule has 2 N–H and O–H groups in total. The number of nitro groups is 1. The molecule has 0 aromatic heterocycles. The largest absolute Gasteiger partial charge is 0.473 e. The molecular formula is C9H7BrN2O4. The highest BCUT2D eigenvalue weighted by Gasteiger charge is 2.20. The Morgan fingerprint density at radius 3 is 2.62 bits per heavy atom. The maximum Gasteiger partial charge on any atom is 0.409 e. The smallest absolute Gasteiger partial charge is 0.409 e. The summed E-state index contributed by atoms with van der Waals surface area (Å²) < 4.78 is 0.680. The Hall–Kier alpha value is -1.89. The van der Waals surface area contributed by atoms with Gasteiger partial charge in [-0.3, -0.25) is 10.1 Å². The molecule has 1 aromatic rings. The van der Waals surface area contributed by atoms with E-state index in [-0.39, 0.29) is 0 Å². The zero-order valence-corrected chi connectivity index (χ0v) is 9.47. The van der Waals surface area contributed by atoms with E-state index in [9.17, 15) is 14.9 Å². The van der Waals surface area contributed by atoms with E-state index < -0.39 is 16.6 Å². The van der Waals surface area contributed by atoms with Crippen LogP contribution in [0.4, 0.5) is 5.69 Å². The van der Waals surface area contributed by atoms with Crippen LogP contribution >= 0.6 is 15.9 Å². The van der Waals surface area contributed by atoms with E-state index in [1.54, 1.807) is 24.3 Å². The first kappa shape index (κ1) is 12.2. The number of rotatable bonds is 4. The number of hydrogen-bond acceptors (Lipinski definition) is 4. The van der Waals surface area contributed by atoms with Gasteiger partial charge in [0.15, 0.2) is 0 Å². The quantitative estimate of drug-likeness (QED) is 0.502. The highest BCUT2D eigenvalue weighted by molar-refractivity contribution is 9.10. The molecule has 0 aliphatic carbocycles. The maximum atomic E-state index is 10.5. The number of hydrogen-bond donors (Lipinski definition) is 2. The molecule has 0 spiro atoms. The molecule has 0 fully saturated rings. The summed E-state index contributed by atoms with van der Waals surface area (Å²) in [6, 6.07) is 6.86. The van der Waals surface area contributed by atoms with Crippen LogP contribution in [0.5, 0.6) is 0 Å². The second-order valence-electron chi connectivity index (χ2n) is 2.72. The number of carboxylic acids is 1. The van der Waals surface area contributed by atoms with E-state index in [2.05, 4.69) is 21.2 Å². The first-order valence-corrected chi connectivity index (χ1v) is 4.90. The lowest BCUT2D eigenvalue weighted by Gasteiger charge is -2.02. The number of nitrogens with zero attached hydrogens (tertiary/aromatic N) is 1. The monoisotopic (exact) mass is 286 g/mol. The summed E-state index contributed by atoms with van der Waals surface area (Å²) in [7, 11) is 0. The average Bonchev–Trinajstić information content (AvgIpc) is 2.20. The number of benzene rings is 1. The SMILES string of the molecule is O=C(O)/C(=C/Nc1ccccc1Br)[N+](=O)[O-]. The van der Waals surface area contributed by atoms with Crippen molar-refractivity contribution in [3.05, 3.63) is 50.7 Å². The molecule has 7 heteroatoms. The van der Waals surface area contributed by atoms with Gasteiger partial charge in [-0.05, 0) is 28.1 Å². The first-order chi connectivity index (χ1) is 7.52. The highest BCUT2D eigenvalue weighted by Crippen LogP contribution is 2.21. The van der Waals surface area contributed by atoms with E-state index in [0.717, 1.165) is 6.20 Å². The predicted molar refractivity (Wildman–Crippen MR) is 60.5 cm³/mol. The van der Waals surface area contributed by atoms with Gasteiger partial charge in [0.05, 0.1) is 16.8 Å². The Morgan fingerprint density at radius 2 is 2.12 bits per heavy atom. The van der Waals surface area contributed by atoms with Crippen molar-refractivity contribution >= 4 is 27.6 Å². The van der Waals surface area contributed by atoms with Crippen molar-refractivity contribution < 1.29 is 14.8 Å². The molecule has 6 nitrogen and oxygen atoms in total. The van der Waals surface area contributed by atoms with Crippen molar-refractivity contribution in [1.82, 2.24) is 0 Å². The lowest BCUT2D eigenvalue weighted by Crippen LogP contribution is -2.12. The van der Waals surface area contributed by atoms with Crippen LogP contribution in [-0.2, 0) is 4.79 Å². The minimum atomic E-state index is -1.59. The summed E-state index contributed by atoms with van der Waals surface area (Å²) in [6.45, 7) is 0. The van der Waals surface area contributed by atoms with Gasteiger partial charge in [-0.25, -0.2) is 4.79 Å². The number of nitrogens with one attached hydrogen (secondary N) is 1. The van der Waals surface area contributed by atoms with E-state index in [1.165, 1.54) is 0 Å². The molecule has 0 bridgehead atoms. The summed E-state index contributed by atoms with van der Waals surface area (Å²) >= 11 is 3.21. The average molecular weight is 287 g/mol. The summed E-state index contributed by atoms with van der Waals surface area (Å²) in [5.41, 5.74) is -0.376. The fourth-order valence-corrected chi connectivity index (χ4v) is 1.32. The van der Waals surface area contributed by atoms with E-state index >= 15 is 0 Å². The van der Waals surface area contributed by atoms with Crippen molar-refractivity contribution in [1.29, 1.82) is 0 Å². The van der Waals surface area contributed by atoms with Crippen LogP contribution in [-0.4, -0.2) is 16.0 Å². The van der Waals surface area contributed by atoms with Gasteiger partial charge < -0.3 is 10.4 Å². The van der Waals surface area contributed by atoms with Gasteiger partial charge >= 0.3 is 11.7 Å². The topological polar surface area (TPSA) is 92.5 Å². The predicted octanol–water partition coefficient (Wildman–Crippen LogP) is 2.06. The van der Waals surface area contributed by atoms with Gasteiger partial charge in [-0.2, -0.15) is 0 Å². The van der Waals surface area contributed by atoms with E-state index in [0.29, 0.717) is 10.2 Å². The van der Waals surface area contributed by atoms with Crippen LogP contribution in [0, 0.1) is 10.1 Å². The van der Waals surface area contributed by atoms with Crippen molar-refractivity contribution in [2.45, 2.75) is 0 Å².